The molecule has 1 aromatic rings. The number of halogens is 3. The van der Waals surface area contributed by atoms with Crippen molar-refractivity contribution in [1.82, 2.24) is 5.32 Å². The molecular formula is C11H16F3NO2. The van der Waals surface area contributed by atoms with Gasteiger partial charge in [-0.15, -0.1) is 0 Å². The second-order valence-corrected chi connectivity index (χ2v) is 3.81. The van der Waals surface area contributed by atoms with Crippen molar-refractivity contribution in [1.29, 1.82) is 0 Å². The van der Waals surface area contributed by atoms with Gasteiger partial charge in [-0.25, -0.2) is 0 Å². The lowest BCUT2D eigenvalue weighted by Crippen LogP contribution is -2.32. The van der Waals surface area contributed by atoms with Gasteiger partial charge in [0.1, 0.15) is 12.4 Å². The predicted octanol–water partition coefficient (Wildman–Crippen LogP) is 2.38. The van der Waals surface area contributed by atoms with Crippen LogP contribution in [0.5, 0.6) is 0 Å². The van der Waals surface area contributed by atoms with Crippen molar-refractivity contribution in [3.8, 4) is 0 Å². The molecule has 17 heavy (non-hydrogen) atoms. The molecule has 1 atom stereocenters. The second-order valence-electron chi connectivity index (χ2n) is 3.81. The summed E-state index contributed by atoms with van der Waals surface area (Å²) in [7, 11) is 0. The van der Waals surface area contributed by atoms with Gasteiger partial charge in [-0.05, 0) is 19.1 Å². The minimum Gasteiger partial charge on any atom is -0.469 e. The number of alkyl halides is 3. The van der Waals surface area contributed by atoms with E-state index in [1.54, 1.807) is 12.3 Å². The zero-order valence-electron chi connectivity index (χ0n) is 9.59. The Morgan fingerprint density at radius 1 is 1.47 bits per heavy atom. The van der Waals surface area contributed by atoms with Crippen LogP contribution in [0.1, 0.15) is 12.7 Å². The van der Waals surface area contributed by atoms with Crippen LogP contribution in [-0.2, 0) is 11.2 Å². The Bertz CT molecular complexity index is 298. The van der Waals surface area contributed by atoms with Crippen LogP contribution in [0, 0.1) is 0 Å². The van der Waals surface area contributed by atoms with E-state index < -0.39 is 12.8 Å². The quantitative estimate of drug-likeness (QED) is 0.755. The fourth-order valence-corrected chi connectivity index (χ4v) is 1.37. The molecular weight excluding hydrogens is 235 g/mol. The first-order valence-electron chi connectivity index (χ1n) is 5.37. The average molecular weight is 251 g/mol. The van der Waals surface area contributed by atoms with Gasteiger partial charge in [0.25, 0.3) is 0 Å². The molecule has 0 spiro atoms. The minimum absolute atomic E-state index is 0.0437. The van der Waals surface area contributed by atoms with Crippen LogP contribution >= 0.6 is 0 Å². The van der Waals surface area contributed by atoms with Crippen molar-refractivity contribution in [2.45, 2.75) is 25.6 Å². The van der Waals surface area contributed by atoms with E-state index in [0.29, 0.717) is 13.0 Å². The van der Waals surface area contributed by atoms with E-state index in [2.05, 4.69) is 10.1 Å². The Labute approximate surface area is 97.9 Å². The van der Waals surface area contributed by atoms with Crippen LogP contribution in [0.4, 0.5) is 13.2 Å². The Kier molecular flexibility index (Phi) is 5.50. The van der Waals surface area contributed by atoms with Crippen LogP contribution in [-0.4, -0.2) is 32.0 Å². The van der Waals surface area contributed by atoms with Crippen LogP contribution in [0.2, 0.25) is 0 Å². The molecule has 1 N–H and O–H groups in total. The molecule has 3 nitrogen and oxygen atoms in total. The van der Waals surface area contributed by atoms with E-state index >= 15 is 0 Å². The first kappa shape index (κ1) is 14.1. The molecule has 0 aliphatic heterocycles. The highest BCUT2D eigenvalue weighted by Crippen LogP contribution is 2.13. The Morgan fingerprint density at radius 2 is 2.24 bits per heavy atom. The third-order valence-corrected chi connectivity index (χ3v) is 2.09. The van der Waals surface area contributed by atoms with Crippen molar-refractivity contribution in [3.63, 3.8) is 0 Å². The lowest BCUT2D eigenvalue weighted by Gasteiger charge is -2.13. The monoisotopic (exact) mass is 251 g/mol. The van der Waals surface area contributed by atoms with E-state index in [1.165, 1.54) is 0 Å². The van der Waals surface area contributed by atoms with Crippen molar-refractivity contribution in [2.24, 2.45) is 0 Å². The number of furan rings is 1. The predicted molar refractivity (Wildman–Crippen MR) is 56.8 cm³/mol. The molecule has 0 fully saturated rings. The van der Waals surface area contributed by atoms with Gasteiger partial charge in [0.05, 0.1) is 12.9 Å². The van der Waals surface area contributed by atoms with E-state index in [-0.39, 0.29) is 12.6 Å². The molecule has 1 unspecified atom stereocenters. The van der Waals surface area contributed by atoms with Crippen LogP contribution in [0.25, 0.3) is 0 Å². The van der Waals surface area contributed by atoms with E-state index in [1.807, 2.05) is 13.0 Å². The summed E-state index contributed by atoms with van der Waals surface area (Å²) in [4.78, 5) is 0. The van der Waals surface area contributed by atoms with Gasteiger partial charge < -0.3 is 14.5 Å². The average Bonchev–Trinajstić information content (AvgIpc) is 2.68. The lowest BCUT2D eigenvalue weighted by molar-refractivity contribution is -0.173. The van der Waals surface area contributed by atoms with Gasteiger partial charge in [0, 0.05) is 19.0 Å². The summed E-state index contributed by atoms with van der Waals surface area (Å²) in [6.07, 6.45) is -1.96. The Hall–Kier alpha value is -1.01. The molecule has 98 valence electrons. The summed E-state index contributed by atoms with van der Waals surface area (Å²) in [5, 5.41) is 3.05. The molecule has 0 bridgehead atoms. The van der Waals surface area contributed by atoms with Crippen LogP contribution < -0.4 is 5.32 Å². The summed E-state index contributed by atoms with van der Waals surface area (Å²) in [6, 6.07) is 3.79. The summed E-state index contributed by atoms with van der Waals surface area (Å²) in [6.45, 7) is 1.17. The van der Waals surface area contributed by atoms with Gasteiger partial charge >= 0.3 is 6.18 Å². The van der Waals surface area contributed by atoms with Crippen LogP contribution in [0.15, 0.2) is 22.8 Å². The number of nitrogens with one attached hydrogen (secondary N) is 1. The third kappa shape index (κ3) is 7.01. The molecule has 0 aliphatic rings. The molecule has 1 aromatic heterocycles. The summed E-state index contributed by atoms with van der Waals surface area (Å²) in [5.74, 6) is 0.848. The Morgan fingerprint density at radius 3 is 2.82 bits per heavy atom. The van der Waals surface area contributed by atoms with E-state index in [9.17, 15) is 13.2 Å². The molecule has 0 amide bonds. The largest absolute Gasteiger partial charge is 0.469 e. The zero-order valence-corrected chi connectivity index (χ0v) is 9.59. The maximum Gasteiger partial charge on any atom is 0.411 e. The summed E-state index contributed by atoms with van der Waals surface area (Å²) < 4.78 is 44.8. The topological polar surface area (TPSA) is 34.4 Å². The van der Waals surface area contributed by atoms with Gasteiger partial charge in [0.15, 0.2) is 0 Å². The van der Waals surface area contributed by atoms with Crippen molar-refractivity contribution >= 4 is 0 Å². The zero-order chi connectivity index (χ0) is 12.7. The highest BCUT2D eigenvalue weighted by molar-refractivity contribution is 4.99. The van der Waals surface area contributed by atoms with Crippen molar-refractivity contribution < 1.29 is 22.3 Å². The standard InChI is InChI=1S/C11H16F3NO2/c1-9(7-10-3-2-5-17-10)15-4-6-16-8-11(12,13)14/h2-3,5,9,15H,4,6-8H2,1H3. The van der Waals surface area contributed by atoms with E-state index in [0.717, 1.165) is 5.76 Å². The lowest BCUT2D eigenvalue weighted by atomic mass is 10.2. The molecule has 0 saturated carbocycles. The molecule has 1 rings (SSSR count). The molecule has 6 heteroatoms. The van der Waals surface area contributed by atoms with Crippen molar-refractivity contribution in [3.05, 3.63) is 24.2 Å². The fourth-order valence-electron chi connectivity index (χ4n) is 1.37. The van der Waals surface area contributed by atoms with Crippen LogP contribution in [0.3, 0.4) is 0 Å². The van der Waals surface area contributed by atoms with Gasteiger partial charge in [0.2, 0.25) is 0 Å². The maximum absolute atomic E-state index is 11.7. The maximum atomic E-state index is 11.7. The van der Waals surface area contributed by atoms with Gasteiger partial charge in [-0.2, -0.15) is 13.2 Å². The Balaban J connectivity index is 2.03. The molecule has 1 heterocycles. The van der Waals surface area contributed by atoms with Gasteiger partial charge in [-0.3, -0.25) is 0 Å². The number of hydrogen-bond donors (Lipinski definition) is 1. The summed E-state index contributed by atoms with van der Waals surface area (Å²) >= 11 is 0. The number of rotatable bonds is 7. The molecule has 0 aliphatic carbocycles. The second kappa shape index (κ2) is 6.66. The molecule has 0 aromatic carbocycles. The smallest absolute Gasteiger partial charge is 0.411 e. The third-order valence-electron chi connectivity index (χ3n) is 2.09. The van der Waals surface area contributed by atoms with Gasteiger partial charge in [-0.1, -0.05) is 0 Å². The normalized spacial score (nSPS) is 13.9. The SMILES string of the molecule is CC(Cc1ccco1)NCCOCC(F)(F)F. The molecule has 0 saturated heterocycles. The molecule has 0 radical (unpaired) electrons. The highest BCUT2D eigenvalue weighted by Gasteiger charge is 2.27. The van der Waals surface area contributed by atoms with E-state index in [4.69, 9.17) is 4.42 Å². The first-order valence-corrected chi connectivity index (χ1v) is 5.37. The summed E-state index contributed by atoms with van der Waals surface area (Å²) in [5.41, 5.74) is 0. The number of ether oxygens (including phenoxy) is 1. The number of hydrogen-bond acceptors (Lipinski definition) is 3. The van der Waals surface area contributed by atoms with Crippen molar-refractivity contribution in [2.75, 3.05) is 19.8 Å². The minimum atomic E-state index is -4.25. The first-order chi connectivity index (χ1) is 7.97. The highest BCUT2D eigenvalue weighted by atomic mass is 19.4. The fraction of sp³-hybridized carbons (Fsp3) is 0.636.